The van der Waals surface area contributed by atoms with E-state index >= 15 is 0 Å². The van der Waals surface area contributed by atoms with Gasteiger partial charge in [-0.3, -0.25) is 9.36 Å². The molecule has 0 saturated heterocycles. The lowest BCUT2D eigenvalue weighted by Gasteiger charge is -2.04. The topological polar surface area (TPSA) is 61.7 Å². The number of nitrogens with zero attached hydrogens (tertiary/aromatic N) is 5. The Morgan fingerprint density at radius 3 is 1.80 bits per heavy atom. The maximum Gasteiger partial charge on any atom is 0.408 e. The molecular weight excluding hydrogens is 335 g/mol. The van der Waals surface area contributed by atoms with E-state index < -0.39 is 12.7 Å². The van der Waals surface area contributed by atoms with Gasteiger partial charge >= 0.3 is 6.18 Å². The number of aromatic nitrogens is 5. The Balaban J connectivity index is 0.000000197. The van der Waals surface area contributed by atoms with Crippen LogP contribution in [0.25, 0.3) is 0 Å². The summed E-state index contributed by atoms with van der Waals surface area (Å²) in [6, 6.07) is 1.81. The van der Waals surface area contributed by atoms with E-state index in [0.717, 1.165) is 22.5 Å². The molecule has 0 fully saturated rings. The van der Waals surface area contributed by atoms with Crippen LogP contribution in [0.15, 0.2) is 41.6 Å². The Hall–Kier alpha value is -2.58. The van der Waals surface area contributed by atoms with Crippen molar-refractivity contribution in [1.29, 1.82) is 0 Å². The van der Waals surface area contributed by atoms with Gasteiger partial charge in [0.05, 0.1) is 18.1 Å². The van der Waals surface area contributed by atoms with Crippen molar-refractivity contribution >= 4 is 0 Å². The van der Waals surface area contributed by atoms with Crippen LogP contribution in [0.1, 0.15) is 23.7 Å². The first kappa shape index (κ1) is 20.5. The molecule has 3 heterocycles. The number of aryl methyl sites for hydroxylation is 4. The Kier molecular flexibility index (Phi) is 7.90. The molecule has 25 heavy (non-hydrogen) atoms. The SMILES string of the molecule is CCn1cc(C)cn1.Cc1ccon1.Cc1cnn(CC(F)(F)F)c1. The van der Waals surface area contributed by atoms with E-state index in [1.54, 1.807) is 19.3 Å². The van der Waals surface area contributed by atoms with Gasteiger partial charge in [-0.2, -0.15) is 23.4 Å². The zero-order chi connectivity index (χ0) is 18.9. The lowest BCUT2D eigenvalue weighted by atomic mass is 10.4. The van der Waals surface area contributed by atoms with Crippen LogP contribution in [0.2, 0.25) is 0 Å². The van der Waals surface area contributed by atoms with Gasteiger partial charge in [-0.05, 0) is 38.8 Å². The zero-order valence-electron chi connectivity index (χ0n) is 14.7. The average molecular weight is 357 g/mol. The van der Waals surface area contributed by atoms with E-state index in [1.807, 2.05) is 30.9 Å². The molecule has 9 heteroatoms. The molecule has 0 aliphatic carbocycles. The Bertz CT molecular complexity index is 716. The first-order valence-corrected chi connectivity index (χ1v) is 7.61. The lowest BCUT2D eigenvalue weighted by molar-refractivity contribution is -0.142. The molecule has 0 aliphatic rings. The molecule has 0 aromatic carbocycles. The Morgan fingerprint density at radius 2 is 1.56 bits per heavy atom. The van der Waals surface area contributed by atoms with Crippen molar-refractivity contribution in [3.05, 3.63) is 53.9 Å². The molecule has 0 bridgehead atoms. The molecule has 6 nitrogen and oxygen atoms in total. The first-order valence-electron chi connectivity index (χ1n) is 7.61. The van der Waals surface area contributed by atoms with E-state index in [2.05, 4.69) is 26.8 Å². The zero-order valence-corrected chi connectivity index (χ0v) is 14.7. The maximum absolute atomic E-state index is 11.7. The number of halogens is 3. The quantitative estimate of drug-likeness (QED) is 0.697. The molecule has 3 aromatic rings. The third-order valence-corrected chi connectivity index (χ3v) is 2.76. The first-order chi connectivity index (χ1) is 11.7. The summed E-state index contributed by atoms with van der Waals surface area (Å²) >= 11 is 0. The predicted octanol–water partition coefficient (Wildman–Crippen LogP) is 3.95. The fraction of sp³-hybridized carbons (Fsp3) is 0.438. The van der Waals surface area contributed by atoms with Crippen LogP contribution in [0, 0.1) is 20.8 Å². The summed E-state index contributed by atoms with van der Waals surface area (Å²) in [5.41, 5.74) is 2.89. The smallest absolute Gasteiger partial charge is 0.365 e. The number of alkyl halides is 3. The van der Waals surface area contributed by atoms with Crippen molar-refractivity contribution in [1.82, 2.24) is 24.7 Å². The normalized spacial score (nSPS) is 10.5. The van der Waals surface area contributed by atoms with Gasteiger partial charge in [0.15, 0.2) is 0 Å². The summed E-state index contributed by atoms with van der Waals surface area (Å²) in [7, 11) is 0. The molecular formula is C16H22F3N5O. The van der Waals surface area contributed by atoms with Crippen LogP contribution >= 0.6 is 0 Å². The number of rotatable bonds is 2. The van der Waals surface area contributed by atoms with Crippen LogP contribution in [0.4, 0.5) is 13.2 Å². The number of hydrogen-bond acceptors (Lipinski definition) is 4. The second kappa shape index (κ2) is 9.65. The van der Waals surface area contributed by atoms with Gasteiger partial charge < -0.3 is 4.52 Å². The highest BCUT2D eigenvalue weighted by Crippen LogP contribution is 2.16. The molecule has 3 aromatic heterocycles. The number of hydrogen-bond donors (Lipinski definition) is 0. The third kappa shape index (κ3) is 9.33. The third-order valence-electron chi connectivity index (χ3n) is 2.76. The van der Waals surface area contributed by atoms with Crippen molar-refractivity contribution in [2.24, 2.45) is 0 Å². The predicted molar refractivity (Wildman–Crippen MR) is 86.9 cm³/mol. The fourth-order valence-electron chi connectivity index (χ4n) is 1.65. The van der Waals surface area contributed by atoms with Crippen LogP contribution in [-0.4, -0.2) is 30.9 Å². The monoisotopic (exact) mass is 357 g/mol. The van der Waals surface area contributed by atoms with Crippen molar-refractivity contribution in [3.63, 3.8) is 0 Å². The van der Waals surface area contributed by atoms with E-state index in [1.165, 1.54) is 18.0 Å². The summed E-state index contributed by atoms with van der Waals surface area (Å²) in [6.45, 7) is 7.64. The molecule has 0 radical (unpaired) electrons. The molecule has 0 spiro atoms. The van der Waals surface area contributed by atoms with Gasteiger partial charge in [0.1, 0.15) is 12.8 Å². The molecule has 0 unspecified atom stereocenters. The van der Waals surface area contributed by atoms with Crippen molar-refractivity contribution in [3.8, 4) is 0 Å². The highest BCUT2D eigenvalue weighted by molar-refractivity contribution is 4.99. The van der Waals surface area contributed by atoms with Crippen molar-refractivity contribution < 1.29 is 17.7 Å². The minimum absolute atomic E-state index is 0.731. The van der Waals surface area contributed by atoms with E-state index in [9.17, 15) is 13.2 Å². The minimum Gasteiger partial charge on any atom is -0.365 e. The molecule has 0 atom stereocenters. The molecule has 0 N–H and O–H groups in total. The second-order valence-electron chi connectivity index (χ2n) is 5.34. The van der Waals surface area contributed by atoms with Crippen LogP contribution in [-0.2, 0) is 13.1 Å². The average Bonchev–Trinajstić information content (AvgIpc) is 3.23. The van der Waals surface area contributed by atoms with Crippen LogP contribution in [0.3, 0.4) is 0 Å². The van der Waals surface area contributed by atoms with Gasteiger partial charge in [0.2, 0.25) is 0 Å². The van der Waals surface area contributed by atoms with Crippen LogP contribution < -0.4 is 0 Å². The largest absolute Gasteiger partial charge is 0.408 e. The fourth-order valence-corrected chi connectivity index (χ4v) is 1.65. The maximum atomic E-state index is 11.7. The summed E-state index contributed by atoms with van der Waals surface area (Å²) in [4.78, 5) is 0. The molecule has 138 valence electrons. The minimum atomic E-state index is -4.18. The van der Waals surface area contributed by atoms with Crippen molar-refractivity contribution in [2.45, 2.75) is 47.0 Å². The summed E-state index contributed by atoms with van der Waals surface area (Å²) < 4.78 is 42.3. The molecule has 0 amide bonds. The van der Waals surface area contributed by atoms with E-state index in [4.69, 9.17) is 0 Å². The highest BCUT2D eigenvalue weighted by atomic mass is 19.4. The Morgan fingerprint density at radius 1 is 1.00 bits per heavy atom. The Labute approximate surface area is 144 Å². The molecule has 0 saturated carbocycles. The summed E-state index contributed by atoms with van der Waals surface area (Å²) in [6.07, 6.45) is 4.01. The molecule has 0 aliphatic heterocycles. The van der Waals surface area contributed by atoms with E-state index in [-0.39, 0.29) is 0 Å². The van der Waals surface area contributed by atoms with E-state index in [0.29, 0.717) is 0 Å². The van der Waals surface area contributed by atoms with Gasteiger partial charge in [0.25, 0.3) is 0 Å². The van der Waals surface area contributed by atoms with Gasteiger partial charge in [-0.25, -0.2) is 0 Å². The highest BCUT2D eigenvalue weighted by Gasteiger charge is 2.28. The second-order valence-corrected chi connectivity index (χ2v) is 5.34. The van der Waals surface area contributed by atoms with Crippen LogP contribution in [0.5, 0.6) is 0 Å². The van der Waals surface area contributed by atoms with Gasteiger partial charge in [0, 0.05) is 25.0 Å². The van der Waals surface area contributed by atoms with Gasteiger partial charge in [-0.1, -0.05) is 5.16 Å². The molecule has 3 rings (SSSR count). The lowest BCUT2D eigenvalue weighted by Crippen LogP contribution is -2.17. The summed E-state index contributed by atoms with van der Waals surface area (Å²) in [5.74, 6) is 0. The standard InChI is InChI=1S/C6H7F3N2.C6H10N2.C4H5NO/c1-5-2-10-11(3-5)4-6(7,8)9;1-3-8-5-6(2)4-7-8;1-4-2-3-6-5-4/h2-3H,4H2,1H3;4-5H,3H2,1-2H3;2-3H,1H3. The van der Waals surface area contributed by atoms with Gasteiger partial charge in [-0.15, -0.1) is 0 Å². The van der Waals surface area contributed by atoms with Crippen molar-refractivity contribution in [2.75, 3.05) is 0 Å². The summed E-state index contributed by atoms with van der Waals surface area (Å²) in [5, 5.41) is 11.1.